The number of carbonyl (C=O) groups is 1. The lowest BCUT2D eigenvalue weighted by molar-refractivity contribution is 0.101. The molecule has 0 bridgehead atoms. The van der Waals surface area contributed by atoms with Gasteiger partial charge in [-0.05, 0) is 6.92 Å². The molecule has 9 heteroatoms. The van der Waals surface area contributed by atoms with Gasteiger partial charge in [0.2, 0.25) is 5.82 Å². The molecular formula is C11H6F5N3O. The Bertz CT molecular complexity index is 696. The van der Waals surface area contributed by atoms with E-state index in [1.54, 1.807) is 0 Å². The first-order valence-corrected chi connectivity index (χ1v) is 5.22. The summed E-state index contributed by atoms with van der Waals surface area (Å²) in [5.41, 5.74) is -1.64. The van der Waals surface area contributed by atoms with Crippen LogP contribution in [0.4, 0.5) is 22.0 Å². The predicted molar refractivity (Wildman–Crippen MR) is 55.9 cm³/mol. The lowest BCUT2D eigenvalue weighted by Crippen LogP contribution is -2.12. The molecule has 0 spiro atoms. The molecule has 0 fully saturated rings. The first kappa shape index (κ1) is 14.1. The highest BCUT2D eigenvalue weighted by Gasteiger charge is 2.29. The van der Waals surface area contributed by atoms with Gasteiger partial charge in [-0.3, -0.25) is 4.79 Å². The Morgan fingerprint density at radius 1 is 0.950 bits per heavy atom. The average molecular weight is 291 g/mol. The summed E-state index contributed by atoms with van der Waals surface area (Å²) in [6.45, 7) is 2.34. The van der Waals surface area contributed by atoms with Gasteiger partial charge in [0.1, 0.15) is 5.69 Å². The van der Waals surface area contributed by atoms with Gasteiger partial charge in [0.15, 0.2) is 34.7 Å². The fraction of sp³-hybridized carbons (Fsp3) is 0.182. The van der Waals surface area contributed by atoms with Crippen molar-refractivity contribution in [2.45, 2.75) is 13.8 Å². The molecule has 0 saturated heterocycles. The second-order valence-electron chi connectivity index (χ2n) is 3.91. The Balaban J connectivity index is 2.80. The molecule has 1 aromatic carbocycles. The molecule has 0 radical (unpaired) electrons. The molecule has 0 atom stereocenters. The summed E-state index contributed by atoms with van der Waals surface area (Å²) < 4.78 is 66.7. The van der Waals surface area contributed by atoms with Crippen LogP contribution >= 0.6 is 0 Å². The van der Waals surface area contributed by atoms with Crippen LogP contribution in [-0.4, -0.2) is 20.8 Å². The Morgan fingerprint density at radius 2 is 1.40 bits per heavy atom. The second kappa shape index (κ2) is 4.66. The van der Waals surface area contributed by atoms with Crippen molar-refractivity contribution in [1.82, 2.24) is 15.0 Å². The first-order chi connectivity index (χ1) is 9.27. The van der Waals surface area contributed by atoms with E-state index in [0.717, 1.165) is 6.92 Å². The smallest absolute Gasteiger partial charge is 0.200 e. The van der Waals surface area contributed by atoms with Crippen molar-refractivity contribution < 1.29 is 26.7 Å². The number of hydrogen-bond donors (Lipinski definition) is 0. The third kappa shape index (κ3) is 1.86. The highest BCUT2D eigenvalue weighted by Crippen LogP contribution is 2.26. The van der Waals surface area contributed by atoms with Gasteiger partial charge in [-0.25, -0.2) is 26.6 Å². The summed E-state index contributed by atoms with van der Waals surface area (Å²) in [7, 11) is 0. The number of halogens is 5. The predicted octanol–water partition coefficient (Wildman–Crippen LogP) is 2.47. The van der Waals surface area contributed by atoms with Crippen LogP contribution in [0.2, 0.25) is 0 Å². The van der Waals surface area contributed by atoms with Crippen LogP contribution in [-0.2, 0) is 0 Å². The van der Waals surface area contributed by atoms with Crippen LogP contribution in [0.15, 0.2) is 0 Å². The molecule has 20 heavy (non-hydrogen) atoms. The van der Waals surface area contributed by atoms with Crippen LogP contribution in [0.3, 0.4) is 0 Å². The van der Waals surface area contributed by atoms with Gasteiger partial charge >= 0.3 is 0 Å². The van der Waals surface area contributed by atoms with Crippen LogP contribution < -0.4 is 0 Å². The van der Waals surface area contributed by atoms with E-state index in [-0.39, 0.29) is 11.4 Å². The summed E-state index contributed by atoms with van der Waals surface area (Å²) in [4.78, 5) is 11.2. The minimum absolute atomic E-state index is 0.138. The summed E-state index contributed by atoms with van der Waals surface area (Å²) in [5.74, 6) is -11.1. The maximum atomic E-state index is 13.6. The highest BCUT2D eigenvalue weighted by molar-refractivity contribution is 5.93. The maximum Gasteiger partial charge on any atom is 0.200 e. The zero-order chi connectivity index (χ0) is 15.2. The molecule has 2 rings (SSSR count). The van der Waals surface area contributed by atoms with E-state index in [9.17, 15) is 26.7 Å². The molecule has 0 amide bonds. The van der Waals surface area contributed by atoms with Gasteiger partial charge < -0.3 is 0 Å². The monoisotopic (exact) mass is 291 g/mol. The van der Waals surface area contributed by atoms with Crippen LogP contribution in [0.25, 0.3) is 5.69 Å². The molecule has 0 saturated carbocycles. The number of rotatable bonds is 2. The average Bonchev–Trinajstić information content (AvgIpc) is 2.77. The zero-order valence-electron chi connectivity index (χ0n) is 10.1. The van der Waals surface area contributed by atoms with Crippen molar-refractivity contribution in [3.8, 4) is 5.69 Å². The molecular weight excluding hydrogens is 285 g/mol. The van der Waals surface area contributed by atoms with Crippen molar-refractivity contribution in [1.29, 1.82) is 0 Å². The zero-order valence-corrected chi connectivity index (χ0v) is 10.1. The number of carbonyl (C=O) groups excluding carboxylic acids is 1. The lowest BCUT2D eigenvalue weighted by atomic mass is 10.2. The summed E-state index contributed by atoms with van der Waals surface area (Å²) in [6.07, 6.45) is 0. The fourth-order valence-corrected chi connectivity index (χ4v) is 1.65. The quantitative estimate of drug-likeness (QED) is 0.369. The van der Waals surface area contributed by atoms with Gasteiger partial charge in [0.05, 0.1) is 5.69 Å². The summed E-state index contributed by atoms with van der Waals surface area (Å²) in [6, 6.07) is 0. The van der Waals surface area contributed by atoms with Crippen LogP contribution in [0.5, 0.6) is 0 Å². The number of nitrogens with zero attached hydrogens (tertiary/aromatic N) is 3. The number of hydrogen-bond acceptors (Lipinski definition) is 3. The molecule has 0 unspecified atom stereocenters. The molecule has 1 aromatic heterocycles. The molecule has 0 N–H and O–H groups in total. The van der Waals surface area contributed by atoms with Crippen LogP contribution in [0, 0.1) is 36.0 Å². The molecule has 0 aliphatic heterocycles. The van der Waals surface area contributed by atoms with E-state index < -0.39 is 40.6 Å². The minimum Gasteiger partial charge on any atom is -0.293 e. The maximum absolute atomic E-state index is 13.6. The minimum atomic E-state index is -2.27. The first-order valence-electron chi connectivity index (χ1n) is 5.22. The van der Waals surface area contributed by atoms with Crippen molar-refractivity contribution >= 4 is 5.78 Å². The van der Waals surface area contributed by atoms with E-state index in [4.69, 9.17) is 0 Å². The fourth-order valence-electron chi connectivity index (χ4n) is 1.65. The normalized spacial score (nSPS) is 10.9. The van der Waals surface area contributed by atoms with Gasteiger partial charge in [0.25, 0.3) is 0 Å². The standard InChI is InChI=1S/C11H6F5N3O/c1-3-10(4(2)20)17-18-19(3)11-8(15)6(13)5(12)7(14)9(11)16/h1-2H3. The van der Waals surface area contributed by atoms with Crippen molar-refractivity contribution in [3.63, 3.8) is 0 Å². The molecule has 2 aromatic rings. The van der Waals surface area contributed by atoms with Crippen LogP contribution in [0.1, 0.15) is 23.1 Å². The number of ketones is 1. The van der Waals surface area contributed by atoms with E-state index in [1.807, 2.05) is 0 Å². The van der Waals surface area contributed by atoms with Gasteiger partial charge in [-0.1, -0.05) is 5.21 Å². The molecule has 1 heterocycles. The topological polar surface area (TPSA) is 47.8 Å². The molecule has 106 valence electrons. The van der Waals surface area contributed by atoms with E-state index in [2.05, 4.69) is 10.3 Å². The van der Waals surface area contributed by atoms with Gasteiger partial charge in [-0.2, -0.15) is 0 Å². The number of Topliss-reactive ketones (excluding diaryl/α,β-unsaturated/α-hetero) is 1. The third-order valence-corrected chi connectivity index (χ3v) is 2.63. The Kier molecular flexibility index (Phi) is 3.28. The SMILES string of the molecule is CC(=O)c1nnn(-c2c(F)c(F)c(F)c(F)c2F)c1C. The molecule has 0 aliphatic carbocycles. The summed E-state index contributed by atoms with van der Waals surface area (Å²) >= 11 is 0. The Labute approximate surface area is 108 Å². The van der Waals surface area contributed by atoms with Crippen molar-refractivity contribution in [2.24, 2.45) is 0 Å². The lowest BCUT2D eigenvalue weighted by Gasteiger charge is -2.08. The number of benzene rings is 1. The largest absolute Gasteiger partial charge is 0.293 e. The van der Waals surface area contributed by atoms with E-state index in [1.165, 1.54) is 6.92 Å². The Hall–Kier alpha value is -2.32. The van der Waals surface area contributed by atoms with E-state index in [0.29, 0.717) is 4.68 Å². The molecule has 4 nitrogen and oxygen atoms in total. The van der Waals surface area contributed by atoms with Gasteiger partial charge in [0, 0.05) is 6.92 Å². The van der Waals surface area contributed by atoms with Gasteiger partial charge in [-0.15, -0.1) is 5.10 Å². The van der Waals surface area contributed by atoms with Crippen molar-refractivity contribution in [2.75, 3.05) is 0 Å². The number of aromatic nitrogens is 3. The van der Waals surface area contributed by atoms with E-state index >= 15 is 0 Å². The highest BCUT2D eigenvalue weighted by atomic mass is 19.2. The van der Waals surface area contributed by atoms with Crippen molar-refractivity contribution in [3.05, 3.63) is 40.5 Å². The second-order valence-corrected chi connectivity index (χ2v) is 3.91. The third-order valence-electron chi connectivity index (χ3n) is 2.63. The Morgan fingerprint density at radius 3 is 1.80 bits per heavy atom. The summed E-state index contributed by atoms with van der Waals surface area (Å²) in [5, 5.41) is 6.60. The molecule has 0 aliphatic rings.